The van der Waals surface area contributed by atoms with Crippen molar-refractivity contribution < 1.29 is 10.2 Å². The Bertz CT molecular complexity index is 349. The number of phenols is 2. The number of hydrogen-bond acceptors (Lipinski definition) is 3. The first kappa shape index (κ1) is 9.34. The highest BCUT2D eigenvalue weighted by atomic mass is 16.3. The van der Waals surface area contributed by atoms with Crippen LogP contribution < -0.4 is 5.73 Å². The summed E-state index contributed by atoms with van der Waals surface area (Å²) in [4.78, 5) is 0. The third kappa shape index (κ3) is 1.68. The Balaban J connectivity index is 2.45. The molecular weight excluding hydrogens is 178 g/mol. The van der Waals surface area contributed by atoms with Crippen LogP contribution in [0.1, 0.15) is 24.0 Å². The molecule has 3 heteroatoms. The Hall–Kier alpha value is -1.22. The van der Waals surface area contributed by atoms with Crippen LogP contribution in [0, 0.1) is 0 Å². The van der Waals surface area contributed by atoms with Crippen molar-refractivity contribution in [3.8, 4) is 11.5 Å². The zero-order valence-electron chi connectivity index (χ0n) is 8.03. The van der Waals surface area contributed by atoms with Gasteiger partial charge in [-0.15, -0.1) is 0 Å². The van der Waals surface area contributed by atoms with Crippen molar-refractivity contribution in [2.24, 2.45) is 5.73 Å². The molecule has 0 radical (unpaired) electrons. The van der Waals surface area contributed by atoms with Crippen LogP contribution in [0.25, 0.3) is 0 Å². The largest absolute Gasteiger partial charge is 0.508 e. The van der Waals surface area contributed by atoms with Crippen LogP contribution in [0.3, 0.4) is 0 Å². The Morgan fingerprint density at radius 1 is 1.29 bits per heavy atom. The van der Waals surface area contributed by atoms with E-state index in [-0.39, 0.29) is 17.5 Å². The van der Waals surface area contributed by atoms with Crippen molar-refractivity contribution in [3.63, 3.8) is 0 Å². The average molecular weight is 193 g/mol. The average Bonchev–Trinajstić information content (AvgIpc) is 2.25. The molecule has 0 aliphatic heterocycles. The predicted octanol–water partition coefficient (Wildman–Crippen LogP) is 1.30. The van der Waals surface area contributed by atoms with Crippen LogP contribution in [0.5, 0.6) is 11.5 Å². The molecule has 0 fully saturated rings. The normalized spacial score (nSPS) is 21.4. The molecule has 0 aromatic heterocycles. The molecule has 0 heterocycles. The van der Waals surface area contributed by atoms with Crippen molar-refractivity contribution >= 4 is 0 Å². The third-order valence-corrected chi connectivity index (χ3v) is 2.79. The van der Waals surface area contributed by atoms with Gasteiger partial charge in [0.1, 0.15) is 11.5 Å². The summed E-state index contributed by atoms with van der Waals surface area (Å²) in [7, 11) is 0. The van der Waals surface area contributed by atoms with E-state index in [0.717, 1.165) is 36.8 Å². The summed E-state index contributed by atoms with van der Waals surface area (Å²) >= 11 is 0. The van der Waals surface area contributed by atoms with Gasteiger partial charge in [0.25, 0.3) is 0 Å². The van der Waals surface area contributed by atoms with Gasteiger partial charge in [0.15, 0.2) is 0 Å². The number of phenolic OH excluding ortho intramolecular Hbond substituents is 2. The summed E-state index contributed by atoms with van der Waals surface area (Å²) in [6.45, 7) is 0. The van der Waals surface area contributed by atoms with E-state index >= 15 is 0 Å². The molecule has 0 spiro atoms. The molecule has 0 saturated heterocycles. The van der Waals surface area contributed by atoms with E-state index in [9.17, 15) is 10.2 Å². The van der Waals surface area contributed by atoms with E-state index in [0.29, 0.717) is 0 Å². The minimum atomic E-state index is 0.121. The predicted molar refractivity (Wildman–Crippen MR) is 54.4 cm³/mol. The van der Waals surface area contributed by atoms with Crippen molar-refractivity contribution in [2.75, 3.05) is 0 Å². The molecule has 0 amide bonds. The highest BCUT2D eigenvalue weighted by Crippen LogP contribution is 2.31. The summed E-state index contributed by atoms with van der Waals surface area (Å²) in [6.07, 6.45) is 3.59. The summed E-state index contributed by atoms with van der Waals surface area (Å²) < 4.78 is 0. The fraction of sp³-hybridized carbons (Fsp3) is 0.455. The lowest BCUT2D eigenvalue weighted by atomic mass is 10.0. The van der Waals surface area contributed by atoms with Crippen LogP contribution >= 0.6 is 0 Å². The van der Waals surface area contributed by atoms with Gasteiger partial charge in [0.2, 0.25) is 0 Å². The van der Waals surface area contributed by atoms with E-state index in [1.54, 1.807) is 6.07 Å². The first-order valence-electron chi connectivity index (χ1n) is 4.96. The van der Waals surface area contributed by atoms with Gasteiger partial charge < -0.3 is 15.9 Å². The molecule has 4 N–H and O–H groups in total. The fourth-order valence-electron chi connectivity index (χ4n) is 2.10. The lowest BCUT2D eigenvalue weighted by Crippen LogP contribution is -2.21. The maximum Gasteiger partial charge on any atom is 0.122 e. The summed E-state index contributed by atoms with van der Waals surface area (Å²) in [5.74, 6) is 0.324. The first-order valence-corrected chi connectivity index (χ1v) is 4.96. The zero-order chi connectivity index (χ0) is 10.1. The smallest absolute Gasteiger partial charge is 0.122 e. The van der Waals surface area contributed by atoms with Gasteiger partial charge in [0, 0.05) is 12.1 Å². The van der Waals surface area contributed by atoms with Crippen molar-refractivity contribution in [3.05, 3.63) is 23.3 Å². The molecule has 2 rings (SSSR count). The molecule has 0 bridgehead atoms. The molecule has 1 aromatic carbocycles. The molecule has 1 aromatic rings. The van der Waals surface area contributed by atoms with Crippen molar-refractivity contribution in [1.82, 2.24) is 0 Å². The zero-order valence-corrected chi connectivity index (χ0v) is 8.03. The van der Waals surface area contributed by atoms with Gasteiger partial charge in [-0.2, -0.15) is 0 Å². The van der Waals surface area contributed by atoms with Crippen LogP contribution in [-0.2, 0) is 12.8 Å². The number of fused-ring (bicyclic) bond motifs is 1. The lowest BCUT2D eigenvalue weighted by molar-refractivity contribution is 0.444. The van der Waals surface area contributed by atoms with Gasteiger partial charge in [0.05, 0.1) is 0 Å². The molecule has 0 saturated carbocycles. The molecular formula is C11H15NO2. The Morgan fingerprint density at radius 2 is 2.07 bits per heavy atom. The summed E-state index contributed by atoms with van der Waals surface area (Å²) in [6, 6.07) is 3.26. The number of rotatable bonds is 0. The molecule has 1 atom stereocenters. The van der Waals surface area contributed by atoms with E-state index in [2.05, 4.69) is 0 Å². The maximum atomic E-state index is 9.65. The molecule has 76 valence electrons. The second-order valence-corrected chi connectivity index (χ2v) is 3.96. The van der Waals surface area contributed by atoms with Crippen LogP contribution in [-0.4, -0.2) is 16.3 Å². The van der Waals surface area contributed by atoms with Crippen molar-refractivity contribution in [1.29, 1.82) is 0 Å². The molecule has 14 heavy (non-hydrogen) atoms. The monoisotopic (exact) mass is 193 g/mol. The second-order valence-electron chi connectivity index (χ2n) is 3.96. The van der Waals surface area contributed by atoms with Gasteiger partial charge in [-0.3, -0.25) is 0 Å². The second kappa shape index (κ2) is 3.50. The van der Waals surface area contributed by atoms with E-state index in [1.807, 2.05) is 0 Å². The number of benzene rings is 1. The van der Waals surface area contributed by atoms with E-state index in [4.69, 9.17) is 5.73 Å². The topological polar surface area (TPSA) is 66.5 Å². The third-order valence-electron chi connectivity index (χ3n) is 2.79. The van der Waals surface area contributed by atoms with Crippen LogP contribution in [0.15, 0.2) is 12.1 Å². The highest BCUT2D eigenvalue weighted by Gasteiger charge is 2.17. The molecule has 3 nitrogen and oxygen atoms in total. The minimum Gasteiger partial charge on any atom is -0.508 e. The fourth-order valence-corrected chi connectivity index (χ4v) is 2.10. The van der Waals surface area contributed by atoms with E-state index < -0.39 is 0 Å². The van der Waals surface area contributed by atoms with Gasteiger partial charge in [-0.1, -0.05) is 0 Å². The molecule has 1 aliphatic carbocycles. The van der Waals surface area contributed by atoms with Crippen LogP contribution in [0.2, 0.25) is 0 Å². The maximum absolute atomic E-state index is 9.65. The SMILES string of the molecule is NC1CCCc2c(O)cc(O)cc2C1. The quantitative estimate of drug-likeness (QED) is 0.544. The Morgan fingerprint density at radius 3 is 2.86 bits per heavy atom. The lowest BCUT2D eigenvalue weighted by Gasteiger charge is -2.10. The Labute approximate surface area is 83.2 Å². The van der Waals surface area contributed by atoms with Gasteiger partial charge in [-0.25, -0.2) is 0 Å². The standard InChI is InChI=1S/C11H15NO2/c12-8-2-1-3-10-7(4-8)5-9(13)6-11(10)14/h5-6,8,13-14H,1-4,12H2. The highest BCUT2D eigenvalue weighted by molar-refractivity contribution is 5.46. The minimum absolute atomic E-state index is 0.121. The van der Waals surface area contributed by atoms with Crippen LogP contribution in [0.4, 0.5) is 0 Å². The first-order chi connectivity index (χ1) is 6.66. The number of aromatic hydroxyl groups is 2. The Kier molecular flexibility index (Phi) is 2.33. The van der Waals surface area contributed by atoms with Gasteiger partial charge in [-0.05, 0) is 42.9 Å². The summed E-state index contributed by atoms with van der Waals surface area (Å²) in [5.41, 5.74) is 7.83. The number of nitrogens with two attached hydrogens (primary N) is 1. The molecule has 1 aliphatic rings. The molecule has 1 unspecified atom stereocenters. The summed E-state index contributed by atoms with van der Waals surface area (Å²) in [5, 5.41) is 19.0. The number of hydrogen-bond donors (Lipinski definition) is 3. The van der Waals surface area contributed by atoms with E-state index in [1.165, 1.54) is 6.07 Å². The van der Waals surface area contributed by atoms with Crippen molar-refractivity contribution in [2.45, 2.75) is 31.7 Å². The van der Waals surface area contributed by atoms with Gasteiger partial charge >= 0.3 is 0 Å².